The summed E-state index contributed by atoms with van der Waals surface area (Å²) in [4.78, 5) is 14.7. The summed E-state index contributed by atoms with van der Waals surface area (Å²) < 4.78 is 9.05. The average molecular weight is 345 g/mol. The number of nitrogens with zero attached hydrogens (tertiary/aromatic N) is 5. The number of esters is 1. The first kappa shape index (κ1) is 17.7. The van der Waals surface area contributed by atoms with Gasteiger partial charge in [-0.1, -0.05) is 13.8 Å². The van der Waals surface area contributed by atoms with Crippen LogP contribution in [-0.2, 0) is 37.8 Å². The molecule has 0 atom stereocenters. The van der Waals surface area contributed by atoms with E-state index in [0.717, 1.165) is 38.2 Å². The summed E-state index contributed by atoms with van der Waals surface area (Å²) in [5, 5.41) is 8.83. The Morgan fingerprint density at radius 2 is 2.20 bits per heavy atom. The fourth-order valence-corrected chi connectivity index (χ4v) is 3.35. The van der Waals surface area contributed by atoms with E-state index in [1.165, 1.54) is 11.3 Å². The number of carbonyl (C=O) groups excluding carboxylic acids is 1. The first-order valence-electron chi connectivity index (χ1n) is 8.93. The third-order valence-corrected chi connectivity index (χ3v) is 4.38. The van der Waals surface area contributed by atoms with E-state index < -0.39 is 0 Å². The first-order chi connectivity index (χ1) is 12.0. The van der Waals surface area contributed by atoms with Crippen LogP contribution >= 0.6 is 0 Å². The Labute approximate surface area is 148 Å². The molecule has 2 aromatic rings. The maximum Gasteiger partial charge on any atom is 0.359 e. The first-order valence-corrected chi connectivity index (χ1v) is 8.93. The highest BCUT2D eigenvalue weighted by molar-refractivity contribution is 5.89. The molecule has 3 heterocycles. The van der Waals surface area contributed by atoms with Gasteiger partial charge in [0.2, 0.25) is 0 Å². The molecule has 0 bridgehead atoms. The minimum absolute atomic E-state index is 0.315. The molecule has 2 aromatic heterocycles. The summed E-state index contributed by atoms with van der Waals surface area (Å²) in [6.45, 7) is 9.83. The van der Waals surface area contributed by atoms with Crippen LogP contribution in [0.15, 0.2) is 12.4 Å². The van der Waals surface area contributed by atoms with E-state index in [1.54, 1.807) is 0 Å². The van der Waals surface area contributed by atoms with Crippen molar-refractivity contribution >= 4 is 5.97 Å². The molecule has 0 aromatic carbocycles. The van der Waals surface area contributed by atoms with Crippen molar-refractivity contribution in [1.82, 2.24) is 24.5 Å². The van der Waals surface area contributed by atoms with Crippen LogP contribution in [0, 0.1) is 5.92 Å². The van der Waals surface area contributed by atoms with Gasteiger partial charge < -0.3 is 4.74 Å². The van der Waals surface area contributed by atoms with Gasteiger partial charge in [-0.05, 0) is 12.8 Å². The molecule has 3 rings (SSSR count). The molecule has 0 saturated carbocycles. The molecule has 0 N–H and O–H groups in total. The molecule has 0 fully saturated rings. The van der Waals surface area contributed by atoms with E-state index in [0.29, 0.717) is 18.2 Å². The Morgan fingerprint density at radius 1 is 1.40 bits per heavy atom. The van der Waals surface area contributed by atoms with E-state index >= 15 is 0 Å². The van der Waals surface area contributed by atoms with E-state index in [9.17, 15) is 4.79 Å². The molecule has 0 spiro atoms. The zero-order chi connectivity index (χ0) is 18.0. The molecule has 1 aliphatic heterocycles. The topological polar surface area (TPSA) is 65.2 Å². The van der Waals surface area contributed by atoms with Crippen LogP contribution in [0.4, 0.5) is 0 Å². The third-order valence-electron chi connectivity index (χ3n) is 4.38. The van der Waals surface area contributed by atoms with E-state index in [1.807, 2.05) is 35.7 Å². The molecule has 0 unspecified atom stereocenters. The van der Waals surface area contributed by atoms with Crippen molar-refractivity contribution in [1.29, 1.82) is 0 Å². The van der Waals surface area contributed by atoms with Gasteiger partial charge in [-0.25, -0.2) is 4.79 Å². The van der Waals surface area contributed by atoms with E-state index in [2.05, 4.69) is 28.9 Å². The molecule has 0 amide bonds. The quantitative estimate of drug-likeness (QED) is 0.749. The maximum atomic E-state index is 12.4. The molecule has 0 aliphatic carbocycles. The van der Waals surface area contributed by atoms with Crippen LogP contribution in [0.3, 0.4) is 0 Å². The summed E-state index contributed by atoms with van der Waals surface area (Å²) in [5.41, 5.74) is 3.86. The second-order valence-electron chi connectivity index (χ2n) is 7.05. The van der Waals surface area contributed by atoms with Crippen molar-refractivity contribution in [2.24, 2.45) is 13.0 Å². The van der Waals surface area contributed by atoms with Gasteiger partial charge in [0, 0.05) is 62.7 Å². The Balaban J connectivity index is 1.85. The van der Waals surface area contributed by atoms with E-state index in [-0.39, 0.29) is 5.97 Å². The molecule has 7 nitrogen and oxygen atoms in total. The summed E-state index contributed by atoms with van der Waals surface area (Å²) >= 11 is 0. The van der Waals surface area contributed by atoms with Crippen LogP contribution in [0.2, 0.25) is 0 Å². The van der Waals surface area contributed by atoms with E-state index in [4.69, 9.17) is 4.74 Å². The second-order valence-corrected chi connectivity index (χ2v) is 7.05. The highest BCUT2D eigenvalue weighted by Gasteiger charge is 2.29. The largest absolute Gasteiger partial charge is 0.461 e. The highest BCUT2D eigenvalue weighted by Crippen LogP contribution is 2.25. The fourth-order valence-electron chi connectivity index (χ4n) is 3.35. The Morgan fingerprint density at radius 3 is 2.84 bits per heavy atom. The Hall–Kier alpha value is -2.15. The Bertz CT molecular complexity index is 747. The summed E-state index contributed by atoms with van der Waals surface area (Å²) in [6, 6.07) is 0. The zero-order valence-corrected chi connectivity index (χ0v) is 15.5. The molecular formula is C18H27N5O2. The van der Waals surface area contributed by atoms with Gasteiger partial charge in [0.05, 0.1) is 12.8 Å². The van der Waals surface area contributed by atoms with Gasteiger partial charge in [-0.15, -0.1) is 0 Å². The highest BCUT2D eigenvalue weighted by atomic mass is 16.5. The van der Waals surface area contributed by atoms with Crippen molar-refractivity contribution in [3.63, 3.8) is 0 Å². The van der Waals surface area contributed by atoms with Crippen molar-refractivity contribution in [2.75, 3.05) is 13.2 Å². The number of aryl methyl sites for hydroxylation is 1. The average Bonchev–Trinajstić information content (AvgIpc) is 3.11. The van der Waals surface area contributed by atoms with Crippen LogP contribution in [0.5, 0.6) is 0 Å². The normalized spacial score (nSPS) is 14.8. The van der Waals surface area contributed by atoms with Gasteiger partial charge >= 0.3 is 5.97 Å². The van der Waals surface area contributed by atoms with Gasteiger partial charge in [0.1, 0.15) is 0 Å². The number of carbonyl (C=O) groups is 1. The van der Waals surface area contributed by atoms with Crippen LogP contribution in [-0.4, -0.2) is 43.6 Å². The predicted molar refractivity (Wildman–Crippen MR) is 94.0 cm³/mol. The fraction of sp³-hybridized carbons (Fsp3) is 0.611. The molecule has 0 saturated heterocycles. The lowest BCUT2D eigenvalue weighted by molar-refractivity contribution is 0.0515. The minimum Gasteiger partial charge on any atom is -0.461 e. The summed E-state index contributed by atoms with van der Waals surface area (Å²) in [6.07, 6.45) is 4.82. The number of ether oxygens (including phenoxy) is 1. The number of aromatic nitrogens is 4. The lowest BCUT2D eigenvalue weighted by Crippen LogP contribution is -2.31. The van der Waals surface area contributed by atoms with Crippen LogP contribution < -0.4 is 0 Å². The molecular weight excluding hydrogens is 318 g/mol. The maximum absolute atomic E-state index is 12.4. The van der Waals surface area contributed by atoms with Gasteiger partial charge in [0.25, 0.3) is 0 Å². The SMILES string of the molecule is CCOC(=O)c1nn(CC(C)C)c2c1CN(Cc1cnn(C)c1)CC2. The van der Waals surface area contributed by atoms with Gasteiger partial charge in [0.15, 0.2) is 5.69 Å². The summed E-state index contributed by atoms with van der Waals surface area (Å²) in [5.74, 6) is 0.164. The number of rotatable bonds is 6. The second kappa shape index (κ2) is 7.39. The number of hydrogen-bond acceptors (Lipinski definition) is 5. The van der Waals surface area contributed by atoms with Crippen molar-refractivity contribution in [2.45, 2.75) is 46.8 Å². The zero-order valence-electron chi connectivity index (χ0n) is 15.5. The lowest BCUT2D eigenvalue weighted by Gasteiger charge is -2.27. The van der Waals surface area contributed by atoms with Gasteiger partial charge in [-0.3, -0.25) is 14.3 Å². The van der Waals surface area contributed by atoms with Crippen molar-refractivity contribution in [3.8, 4) is 0 Å². The van der Waals surface area contributed by atoms with Crippen molar-refractivity contribution in [3.05, 3.63) is 34.9 Å². The third kappa shape index (κ3) is 3.92. The molecule has 7 heteroatoms. The lowest BCUT2D eigenvalue weighted by atomic mass is 10.0. The summed E-state index contributed by atoms with van der Waals surface area (Å²) in [7, 11) is 1.92. The minimum atomic E-state index is -0.315. The molecule has 136 valence electrons. The van der Waals surface area contributed by atoms with Gasteiger partial charge in [-0.2, -0.15) is 10.2 Å². The smallest absolute Gasteiger partial charge is 0.359 e. The number of hydrogen-bond donors (Lipinski definition) is 0. The standard InChI is InChI=1S/C18H27N5O2/c1-5-25-18(24)17-15-12-22(11-14-8-19-21(4)10-14)7-6-16(15)23(20-17)9-13(2)3/h8,10,13H,5-7,9,11-12H2,1-4H3. The molecule has 0 radical (unpaired) electrons. The molecule has 1 aliphatic rings. The molecule has 25 heavy (non-hydrogen) atoms. The van der Waals surface area contributed by atoms with Crippen molar-refractivity contribution < 1.29 is 9.53 Å². The monoisotopic (exact) mass is 345 g/mol. The van der Waals surface area contributed by atoms with Crippen LogP contribution in [0.1, 0.15) is 48.1 Å². The van der Waals surface area contributed by atoms with Crippen LogP contribution in [0.25, 0.3) is 0 Å². The predicted octanol–water partition coefficient (Wildman–Crippen LogP) is 2.01. The Kier molecular flexibility index (Phi) is 5.22. The number of fused-ring (bicyclic) bond motifs is 1.